The highest BCUT2D eigenvalue weighted by molar-refractivity contribution is 5.77. The summed E-state index contributed by atoms with van der Waals surface area (Å²) in [6.07, 6.45) is 0. The fourth-order valence-corrected chi connectivity index (χ4v) is 0.291. The van der Waals surface area contributed by atoms with E-state index < -0.39 is 18.6 Å². The van der Waals surface area contributed by atoms with Crippen LogP contribution >= 0.6 is 0 Å². The third-order valence-electron chi connectivity index (χ3n) is 0.742. The van der Waals surface area contributed by atoms with E-state index in [0.717, 1.165) is 0 Å². The van der Waals surface area contributed by atoms with Crippen molar-refractivity contribution in [3.8, 4) is 0 Å². The predicted molar refractivity (Wildman–Crippen MR) is 27.6 cm³/mol. The zero-order chi connectivity index (χ0) is 8.20. The van der Waals surface area contributed by atoms with E-state index in [0.29, 0.717) is 0 Å². The standard InChI is InChI=1S/C5H7F3O2/c1-2-10-4(9)5(7,8)3-6/h2-3H2,1H3. The van der Waals surface area contributed by atoms with E-state index in [2.05, 4.69) is 4.74 Å². The molecule has 0 fully saturated rings. The molecule has 0 aliphatic carbocycles. The Morgan fingerprint density at radius 2 is 2.10 bits per heavy atom. The molecule has 5 heteroatoms. The quantitative estimate of drug-likeness (QED) is 0.573. The van der Waals surface area contributed by atoms with Gasteiger partial charge in [0, 0.05) is 0 Å². The summed E-state index contributed by atoms with van der Waals surface area (Å²) in [4.78, 5) is 10.1. The summed E-state index contributed by atoms with van der Waals surface area (Å²) in [6.45, 7) is -0.813. The molecule has 2 nitrogen and oxygen atoms in total. The van der Waals surface area contributed by atoms with E-state index in [1.807, 2.05) is 0 Å². The molecule has 60 valence electrons. The van der Waals surface area contributed by atoms with Crippen LogP contribution in [0.5, 0.6) is 0 Å². The molecule has 0 rings (SSSR count). The van der Waals surface area contributed by atoms with Crippen molar-refractivity contribution in [2.24, 2.45) is 0 Å². The summed E-state index contributed by atoms with van der Waals surface area (Å²) < 4.78 is 38.9. The number of esters is 1. The topological polar surface area (TPSA) is 26.3 Å². The number of rotatable bonds is 3. The van der Waals surface area contributed by atoms with Crippen molar-refractivity contribution in [1.29, 1.82) is 0 Å². The predicted octanol–water partition coefficient (Wildman–Crippen LogP) is 1.15. The van der Waals surface area contributed by atoms with Gasteiger partial charge in [-0.25, -0.2) is 9.18 Å². The Kier molecular flexibility index (Phi) is 3.18. The van der Waals surface area contributed by atoms with Gasteiger partial charge in [0.1, 0.15) is 0 Å². The Bertz CT molecular complexity index is 124. The van der Waals surface area contributed by atoms with Crippen molar-refractivity contribution in [3.63, 3.8) is 0 Å². The lowest BCUT2D eigenvalue weighted by Gasteiger charge is -2.09. The number of halogens is 3. The van der Waals surface area contributed by atoms with Gasteiger partial charge in [0.15, 0.2) is 6.67 Å². The highest BCUT2D eigenvalue weighted by Gasteiger charge is 2.40. The maximum Gasteiger partial charge on any atom is 0.379 e. The number of hydrogen-bond acceptors (Lipinski definition) is 2. The van der Waals surface area contributed by atoms with Gasteiger partial charge in [0.05, 0.1) is 6.61 Å². The van der Waals surface area contributed by atoms with E-state index in [1.165, 1.54) is 6.92 Å². The summed E-state index contributed by atoms with van der Waals surface area (Å²) in [7, 11) is 0. The molecule has 0 heterocycles. The first-order chi connectivity index (χ1) is 4.54. The monoisotopic (exact) mass is 156 g/mol. The van der Waals surface area contributed by atoms with Crippen molar-refractivity contribution >= 4 is 5.97 Å². The van der Waals surface area contributed by atoms with E-state index in [-0.39, 0.29) is 6.61 Å². The number of carbonyl (C=O) groups excluding carboxylic acids is 1. The van der Waals surface area contributed by atoms with Gasteiger partial charge >= 0.3 is 11.9 Å². The van der Waals surface area contributed by atoms with Crippen molar-refractivity contribution in [3.05, 3.63) is 0 Å². The van der Waals surface area contributed by atoms with Gasteiger partial charge in [0.25, 0.3) is 0 Å². The minimum atomic E-state index is -3.98. The van der Waals surface area contributed by atoms with Gasteiger partial charge in [-0.2, -0.15) is 8.78 Å². The van der Waals surface area contributed by atoms with Gasteiger partial charge in [-0.15, -0.1) is 0 Å². The van der Waals surface area contributed by atoms with Gasteiger partial charge in [0.2, 0.25) is 0 Å². The van der Waals surface area contributed by atoms with Gasteiger partial charge in [-0.1, -0.05) is 0 Å². The second kappa shape index (κ2) is 3.43. The van der Waals surface area contributed by atoms with Crippen LogP contribution in [0.4, 0.5) is 13.2 Å². The molecular formula is C5H7F3O2. The third kappa shape index (κ3) is 2.24. The summed E-state index contributed by atoms with van der Waals surface area (Å²) >= 11 is 0. The maximum absolute atomic E-state index is 11.9. The Balaban J connectivity index is 3.91. The molecule has 0 saturated heterocycles. The Morgan fingerprint density at radius 1 is 1.60 bits per heavy atom. The first-order valence-electron chi connectivity index (χ1n) is 2.65. The minimum Gasteiger partial charge on any atom is -0.461 e. The van der Waals surface area contributed by atoms with Crippen LogP contribution in [-0.4, -0.2) is 25.2 Å². The van der Waals surface area contributed by atoms with Crippen LogP contribution in [0, 0.1) is 0 Å². The van der Waals surface area contributed by atoms with Crippen molar-refractivity contribution < 1.29 is 22.7 Å². The van der Waals surface area contributed by atoms with Crippen molar-refractivity contribution in [2.75, 3.05) is 13.3 Å². The number of ether oxygens (including phenoxy) is 1. The fraction of sp³-hybridized carbons (Fsp3) is 0.800. The average Bonchev–Trinajstić information content (AvgIpc) is 1.89. The molecule has 10 heavy (non-hydrogen) atoms. The molecule has 0 aromatic carbocycles. The molecule has 0 radical (unpaired) electrons. The molecule has 0 spiro atoms. The smallest absolute Gasteiger partial charge is 0.379 e. The van der Waals surface area contributed by atoms with E-state index >= 15 is 0 Å². The van der Waals surface area contributed by atoms with Crippen LogP contribution in [0.25, 0.3) is 0 Å². The van der Waals surface area contributed by atoms with Crippen LogP contribution < -0.4 is 0 Å². The maximum atomic E-state index is 11.9. The summed E-state index contributed by atoms with van der Waals surface area (Å²) in [5.41, 5.74) is 0. The first kappa shape index (κ1) is 9.26. The molecule has 0 aliphatic heterocycles. The zero-order valence-corrected chi connectivity index (χ0v) is 5.36. The van der Waals surface area contributed by atoms with Gasteiger partial charge < -0.3 is 4.74 Å². The lowest BCUT2D eigenvalue weighted by molar-refractivity contribution is -0.173. The Hall–Kier alpha value is -0.740. The van der Waals surface area contributed by atoms with E-state index in [4.69, 9.17) is 0 Å². The summed E-state index contributed by atoms with van der Waals surface area (Å²) in [5, 5.41) is 0. The van der Waals surface area contributed by atoms with Crippen LogP contribution in [0.3, 0.4) is 0 Å². The van der Waals surface area contributed by atoms with Crippen LogP contribution in [0.1, 0.15) is 6.92 Å². The van der Waals surface area contributed by atoms with Crippen LogP contribution in [0.15, 0.2) is 0 Å². The minimum absolute atomic E-state index is 0.172. The highest BCUT2D eigenvalue weighted by atomic mass is 19.3. The Morgan fingerprint density at radius 3 is 2.40 bits per heavy atom. The molecule has 0 aromatic rings. The molecular weight excluding hydrogens is 149 g/mol. The molecule has 0 N–H and O–H groups in total. The Labute approximate surface area is 56.0 Å². The molecule has 0 aliphatic rings. The molecule has 0 amide bonds. The SMILES string of the molecule is CCOC(=O)C(F)(F)CF. The average molecular weight is 156 g/mol. The largest absolute Gasteiger partial charge is 0.461 e. The third-order valence-corrected chi connectivity index (χ3v) is 0.742. The molecule has 0 unspecified atom stereocenters. The highest BCUT2D eigenvalue weighted by Crippen LogP contribution is 2.15. The molecule has 0 bridgehead atoms. The second-order valence-electron chi connectivity index (χ2n) is 1.56. The number of alkyl halides is 3. The van der Waals surface area contributed by atoms with Crippen molar-refractivity contribution in [2.45, 2.75) is 12.8 Å². The number of hydrogen-bond donors (Lipinski definition) is 0. The number of carbonyl (C=O) groups is 1. The lowest BCUT2D eigenvalue weighted by atomic mass is 10.4. The van der Waals surface area contributed by atoms with Gasteiger partial charge in [-0.3, -0.25) is 0 Å². The van der Waals surface area contributed by atoms with Gasteiger partial charge in [-0.05, 0) is 6.92 Å². The normalized spacial score (nSPS) is 11.2. The van der Waals surface area contributed by atoms with Crippen LogP contribution in [-0.2, 0) is 9.53 Å². The van der Waals surface area contributed by atoms with E-state index in [9.17, 15) is 18.0 Å². The van der Waals surface area contributed by atoms with E-state index in [1.54, 1.807) is 0 Å². The van der Waals surface area contributed by atoms with Crippen LogP contribution in [0.2, 0.25) is 0 Å². The molecule has 0 atom stereocenters. The molecule has 0 saturated carbocycles. The first-order valence-corrected chi connectivity index (χ1v) is 2.65. The summed E-state index contributed by atoms with van der Waals surface area (Å²) in [6, 6.07) is 0. The molecule has 0 aromatic heterocycles. The lowest BCUT2D eigenvalue weighted by Crippen LogP contribution is -2.32. The fourth-order valence-electron chi connectivity index (χ4n) is 0.291. The summed E-state index contributed by atoms with van der Waals surface area (Å²) in [5.74, 6) is -5.78. The zero-order valence-electron chi connectivity index (χ0n) is 5.36. The second-order valence-corrected chi connectivity index (χ2v) is 1.56. The van der Waals surface area contributed by atoms with Crippen molar-refractivity contribution in [1.82, 2.24) is 0 Å².